The first kappa shape index (κ1) is 11.5. The molecule has 3 nitrogen and oxygen atoms in total. The lowest BCUT2D eigenvalue weighted by Gasteiger charge is -2.07. The van der Waals surface area contributed by atoms with Crippen molar-refractivity contribution in [2.45, 2.75) is 20.0 Å². The Morgan fingerprint density at radius 2 is 1.83 bits per heavy atom. The van der Waals surface area contributed by atoms with E-state index in [1.807, 2.05) is 13.8 Å². The van der Waals surface area contributed by atoms with Gasteiger partial charge in [-0.2, -0.15) is 0 Å². The van der Waals surface area contributed by atoms with Crippen molar-refractivity contribution >= 4 is 0 Å². The number of hydrogen-bond acceptors (Lipinski definition) is 3. The van der Waals surface area contributed by atoms with Gasteiger partial charge in [0, 0.05) is 0 Å². The third-order valence-corrected chi connectivity index (χ3v) is 1.14. The zero-order valence-corrected chi connectivity index (χ0v) is 7.91. The topological polar surface area (TPSA) is 27.7 Å². The van der Waals surface area contributed by atoms with Gasteiger partial charge < -0.3 is 14.2 Å². The fourth-order valence-electron chi connectivity index (χ4n) is 0.635. The molecule has 0 aromatic carbocycles. The summed E-state index contributed by atoms with van der Waals surface area (Å²) in [6, 6.07) is 0. The van der Waals surface area contributed by atoms with Crippen molar-refractivity contribution in [2.75, 3.05) is 26.4 Å². The Hall–Kier alpha value is -0.540. The highest BCUT2D eigenvalue weighted by molar-refractivity contribution is 4.47. The van der Waals surface area contributed by atoms with Crippen LogP contribution in [0.4, 0.5) is 0 Å². The van der Waals surface area contributed by atoms with Crippen LogP contribution in [-0.4, -0.2) is 32.5 Å². The lowest BCUT2D eigenvalue weighted by molar-refractivity contribution is 0.00883. The molecule has 0 aromatic heterocycles. The minimum atomic E-state index is 0.276. The second kappa shape index (κ2) is 8.56. The van der Waals surface area contributed by atoms with Crippen LogP contribution >= 0.6 is 0 Å². The standard InChI is InChI=1S/C9H18O3/c1-4-10-5-6-11-7-8-12-9(2)3/h4,9H,1,5-8H2,2-3H3. The molecule has 0 unspecified atom stereocenters. The highest BCUT2D eigenvalue weighted by Crippen LogP contribution is 1.87. The smallest absolute Gasteiger partial charge is 0.111 e. The van der Waals surface area contributed by atoms with Crippen molar-refractivity contribution < 1.29 is 14.2 Å². The van der Waals surface area contributed by atoms with E-state index < -0.39 is 0 Å². The van der Waals surface area contributed by atoms with E-state index in [4.69, 9.17) is 14.2 Å². The van der Waals surface area contributed by atoms with E-state index in [0.717, 1.165) is 0 Å². The summed E-state index contributed by atoms with van der Waals surface area (Å²) >= 11 is 0. The van der Waals surface area contributed by atoms with Gasteiger partial charge in [-0.15, -0.1) is 0 Å². The molecule has 72 valence electrons. The van der Waals surface area contributed by atoms with E-state index in [2.05, 4.69) is 6.58 Å². The van der Waals surface area contributed by atoms with Gasteiger partial charge in [-0.3, -0.25) is 0 Å². The Balaban J connectivity index is 2.86. The van der Waals surface area contributed by atoms with E-state index in [-0.39, 0.29) is 6.10 Å². The Bertz CT molecular complexity index is 102. The van der Waals surface area contributed by atoms with Crippen molar-refractivity contribution in [3.05, 3.63) is 12.8 Å². The maximum atomic E-state index is 5.26. The fraction of sp³-hybridized carbons (Fsp3) is 0.778. The Morgan fingerprint density at radius 1 is 1.17 bits per heavy atom. The summed E-state index contributed by atoms with van der Waals surface area (Å²) in [5, 5.41) is 0. The molecule has 0 aliphatic carbocycles. The monoisotopic (exact) mass is 174 g/mol. The molecule has 0 bridgehead atoms. The van der Waals surface area contributed by atoms with Crippen molar-refractivity contribution in [2.24, 2.45) is 0 Å². The van der Waals surface area contributed by atoms with E-state index in [0.29, 0.717) is 26.4 Å². The van der Waals surface area contributed by atoms with Crippen LogP contribution in [0.15, 0.2) is 12.8 Å². The Labute approximate surface area is 74.3 Å². The average molecular weight is 174 g/mol. The molecule has 0 radical (unpaired) electrons. The molecule has 0 fully saturated rings. The van der Waals surface area contributed by atoms with Crippen LogP contribution in [0.5, 0.6) is 0 Å². The van der Waals surface area contributed by atoms with Gasteiger partial charge in [-0.05, 0) is 13.8 Å². The van der Waals surface area contributed by atoms with Crippen LogP contribution in [-0.2, 0) is 14.2 Å². The summed E-state index contributed by atoms with van der Waals surface area (Å²) in [7, 11) is 0. The molecule has 0 saturated carbocycles. The second-order valence-electron chi connectivity index (χ2n) is 2.57. The SMILES string of the molecule is C=COCCOCCOC(C)C. The van der Waals surface area contributed by atoms with Crippen molar-refractivity contribution in [3.63, 3.8) is 0 Å². The highest BCUT2D eigenvalue weighted by Gasteiger charge is 1.92. The average Bonchev–Trinajstić information content (AvgIpc) is 2.02. The van der Waals surface area contributed by atoms with Crippen LogP contribution in [0.1, 0.15) is 13.8 Å². The zero-order valence-electron chi connectivity index (χ0n) is 7.91. The summed E-state index contributed by atoms with van der Waals surface area (Å²) in [4.78, 5) is 0. The fourth-order valence-corrected chi connectivity index (χ4v) is 0.635. The largest absolute Gasteiger partial charge is 0.499 e. The molecule has 0 saturated heterocycles. The molecular formula is C9H18O3. The first-order valence-corrected chi connectivity index (χ1v) is 4.19. The molecule has 0 aliphatic heterocycles. The van der Waals surface area contributed by atoms with Gasteiger partial charge in [-0.1, -0.05) is 6.58 Å². The van der Waals surface area contributed by atoms with Crippen LogP contribution in [0.3, 0.4) is 0 Å². The summed E-state index contributed by atoms with van der Waals surface area (Å²) in [6.45, 7) is 9.84. The summed E-state index contributed by atoms with van der Waals surface area (Å²) in [5.41, 5.74) is 0. The van der Waals surface area contributed by atoms with E-state index >= 15 is 0 Å². The molecule has 0 spiro atoms. The van der Waals surface area contributed by atoms with Crippen molar-refractivity contribution in [3.8, 4) is 0 Å². The molecule has 0 N–H and O–H groups in total. The Kier molecular flexibility index (Phi) is 8.17. The predicted molar refractivity (Wildman–Crippen MR) is 48.1 cm³/mol. The van der Waals surface area contributed by atoms with Gasteiger partial charge in [0.2, 0.25) is 0 Å². The summed E-state index contributed by atoms with van der Waals surface area (Å²) in [5.74, 6) is 0. The lowest BCUT2D eigenvalue weighted by atomic mass is 10.5. The zero-order chi connectivity index (χ0) is 9.23. The molecule has 0 heterocycles. The van der Waals surface area contributed by atoms with Crippen LogP contribution in [0.2, 0.25) is 0 Å². The third kappa shape index (κ3) is 9.46. The van der Waals surface area contributed by atoms with E-state index in [9.17, 15) is 0 Å². The summed E-state index contributed by atoms with van der Waals surface area (Å²) < 4.78 is 15.3. The van der Waals surface area contributed by atoms with Crippen LogP contribution in [0, 0.1) is 0 Å². The molecule has 12 heavy (non-hydrogen) atoms. The predicted octanol–water partition coefficient (Wildman–Crippen LogP) is 1.59. The molecule has 0 rings (SSSR count). The van der Waals surface area contributed by atoms with Gasteiger partial charge >= 0.3 is 0 Å². The van der Waals surface area contributed by atoms with Crippen molar-refractivity contribution in [1.29, 1.82) is 0 Å². The van der Waals surface area contributed by atoms with Gasteiger partial charge in [0.05, 0.1) is 32.2 Å². The molecule has 0 aromatic rings. The van der Waals surface area contributed by atoms with Crippen molar-refractivity contribution in [1.82, 2.24) is 0 Å². The molecule has 3 heteroatoms. The van der Waals surface area contributed by atoms with Crippen LogP contribution < -0.4 is 0 Å². The third-order valence-electron chi connectivity index (χ3n) is 1.14. The maximum absolute atomic E-state index is 5.26. The van der Waals surface area contributed by atoms with Crippen LogP contribution in [0.25, 0.3) is 0 Å². The second-order valence-corrected chi connectivity index (χ2v) is 2.57. The van der Waals surface area contributed by atoms with Gasteiger partial charge in [0.1, 0.15) is 6.61 Å². The number of rotatable bonds is 8. The molecule has 0 amide bonds. The highest BCUT2D eigenvalue weighted by atomic mass is 16.5. The first-order valence-electron chi connectivity index (χ1n) is 4.19. The van der Waals surface area contributed by atoms with Gasteiger partial charge in [0.25, 0.3) is 0 Å². The minimum absolute atomic E-state index is 0.276. The van der Waals surface area contributed by atoms with Gasteiger partial charge in [-0.25, -0.2) is 0 Å². The summed E-state index contributed by atoms with van der Waals surface area (Å²) in [6.07, 6.45) is 1.69. The molecular weight excluding hydrogens is 156 g/mol. The minimum Gasteiger partial charge on any atom is -0.499 e. The van der Waals surface area contributed by atoms with Gasteiger partial charge in [0.15, 0.2) is 0 Å². The van der Waals surface area contributed by atoms with E-state index in [1.165, 1.54) is 6.26 Å². The number of hydrogen-bond donors (Lipinski definition) is 0. The quantitative estimate of drug-likeness (QED) is 0.413. The normalized spacial score (nSPS) is 10.2. The first-order chi connectivity index (χ1) is 5.77. The molecule has 0 atom stereocenters. The molecule has 0 aliphatic rings. The maximum Gasteiger partial charge on any atom is 0.111 e. The Morgan fingerprint density at radius 3 is 2.42 bits per heavy atom. The van der Waals surface area contributed by atoms with E-state index in [1.54, 1.807) is 0 Å². The lowest BCUT2D eigenvalue weighted by Crippen LogP contribution is -2.11. The number of ether oxygens (including phenoxy) is 3.